The van der Waals surface area contributed by atoms with Gasteiger partial charge in [-0.25, -0.2) is 4.79 Å². The van der Waals surface area contributed by atoms with Crippen LogP contribution in [0.3, 0.4) is 0 Å². The van der Waals surface area contributed by atoms with Crippen LogP contribution in [0.15, 0.2) is 42.5 Å². The summed E-state index contributed by atoms with van der Waals surface area (Å²) in [6.07, 6.45) is 0.305. The molecular weight excluding hydrogens is 214 g/mol. The molecule has 0 saturated heterocycles. The number of rotatable bonds is 5. The van der Waals surface area contributed by atoms with Crippen molar-refractivity contribution in [2.75, 3.05) is 6.61 Å². The van der Waals surface area contributed by atoms with Gasteiger partial charge in [-0.3, -0.25) is 0 Å². The number of carbonyl (C=O) groups excluding carboxylic acids is 1. The van der Waals surface area contributed by atoms with E-state index in [1.807, 2.05) is 30.3 Å². The second-order valence-corrected chi connectivity index (χ2v) is 3.62. The van der Waals surface area contributed by atoms with Crippen LogP contribution in [-0.2, 0) is 9.53 Å². The van der Waals surface area contributed by atoms with Gasteiger partial charge in [0.25, 0.3) is 0 Å². The molecular formula is C14H15NO2. The summed E-state index contributed by atoms with van der Waals surface area (Å²) >= 11 is 0. The van der Waals surface area contributed by atoms with Gasteiger partial charge in [0, 0.05) is 5.57 Å². The highest BCUT2D eigenvalue weighted by Crippen LogP contribution is 2.22. The highest BCUT2D eigenvalue weighted by Gasteiger charge is 2.16. The van der Waals surface area contributed by atoms with Gasteiger partial charge in [0.05, 0.1) is 18.6 Å². The predicted octanol–water partition coefficient (Wildman–Crippen LogP) is 2.80. The third-order valence-corrected chi connectivity index (χ3v) is 2.37. The standard InChI is InChI=1S/C14H15NO2/c1-3-17-14(16)11(2)9-13(10-15)12-7-5-4-6-8-12/h4-8,13H,2-3,9H2,1H3. The van der Waals surface area contributed by atoms with E-state index in [-0.39, 0.29) is 5.92 Å². The predicted molar refractivity (Wildman–Crippen MR) is 65.2 cm³/mol. The fourth-order valence-corrected chi connectivity index (χ4v) is 1.49. The van der Waals surface area contributed by atoms with E-state index in [1.165, 1.54) is 0 Å². The Morgan fingerprint density at radius 2 is 2.12 bits per heavy atom. The number of nitrogens with zero attached hydrogens (tertiary/aromatic N) is 1. The molecule has 0 bridgehead atoms. The summed E-state index contributed by atoms with van der Waals surface area (Å²) in [4.78, 5) is 11.4. The van der Waals surface area contributed by atoms with Gasteiger partial charge < -0.3 is 4.74 Å². The van der Waals surface area contributed by atoms with Gasteiger partial charge in [-0.05, 0) is 18.9 Å². The molecule has 17 heavy (non-hydrogen) atoms. The average molecular weight is 229 g/mol. The summed E-state index contributed by atoms with van der Waals surface area (Å²) in [5.41, 5.74) is 1.22. The monoisotopic (exact) mass is 229 g/mol. The van der Waals surface area contributed by atoms with Gasteiger partial charge in [0.1, 0.15) is 0 Å². The highest BCUT2D eigenvalue weighted by atomic mass is 16.5. The molecule has 0 fully saturated rings. The lowest BCUT2D eigenvalue weighted by atomic mass is 9.94. The Morgan fingerprint density at radius 1 is 1.47 bits per heavy atom. The van der Waals surface area contributed by atoms with Crippen LogP contribution in [0.1, 0.15) is 24.8 Å². The molecule has 88 valence electrons. The fraction of sp³-hybridized carbons (Fsp3) is 0.286. The zero-order valence-corrected chi connectivity index (χ0v) is 9.85. The van der Waals surface area contributed by atoms with E-state index in [4.69, 9.17) is 10.00 Å². The first-order chi connectivity index (χ1) is 8.19. The summed E-state index contributed by atoms with van der Waals surface area (Å²) in [5, 5.41) is 9.10. The Kier molecular flexibility index (Phi) is 4.96. The summed E-state index contributed by atoms with van der Waals surface area (Å²) in [6.45, 7) is 5.72. The van der Waals surface area contributed by atoms with Crippen LogP contribution < -0.4 is 0 Å². The molecule has 0 aliphatic heterocycles. The minimum atomic E-state index is -0.427. The maximum absolute atomic E-state index is 11.4. The molecule has 0 spiro atoms. The van der Waals surface area contributed by atoms with Gasteiger partial charge in [0.15, 0.2) is 0 Å². The van der Waals surface area contributed by atoms with E-state index in [9.17, 15) is 4.79 Å². The Bertz CT molecular complexity index is 431. The fourth-order valence-electron chi connectivity index (χ4n) is 1.49. The maximum Gasteiger partial charge on any atom is 0.333 e. The molecule has 1 unspecified atom stereocenters. The molecule has 1 atom stereocenters. The van der Waals surface area contributed by atoms with Crippen LogP contribution >= 0.6 is 0 Å². The van der Waals surface area contributed by atoms with Crippen molar-refractivity contribution in [3.63, 3.8) is 0 Å². The third kappa shape index (κ3) is 3.76. The average Bonchev–Trinajstić information content (AvgIpc) is 2.37. The molecule has 3 nitrogen and oxygen atoms in total. The molecule has 0 aliphatic rings. The lowest BCUT2D eigenvalue weighted by molar-refractivity contribution is -0.138. The van der Waals surface area contributed by atoms with Crippen molar-refractivity contribution in [3.8, 4) is 6.07 Å². The van der Waals surface area contributed by atoms with Crippen molar-refractivity contribution in [2.45, 2.75) is 19.3 Å². The van der Waals surface area contributed by atoms with Crippen molar-refractivity contribution in [3.05, 3.63) is 48.0 Å². The molecule has 0 saturated carbocycles. The van der Waals surface area contributed by atoms with Gasteiger partial charge >= 0.3 is 5.97 Å². The number of ether oxygens (including phenoxy) is 1. The van der Waals surface area contributed by atoms with Crippen LogP contribution in [0.5, 0.6) is 0 Å². The smallest absolute Gasteiger partial charge is 0.333 e. The first-order valence-corrected chi connectivity index (χ1v) is 5.48. The first kappa shape index (κ1) is 13.0. The van der Waals surface area contributed by atoms with Crippen LogP contribution in [-0.4, -0.2) is 12.6 Å². The molecule has 0 N–H and O–H groups in total. The van der Waals surface area contributed by atoms with E-state index in [0.717, 1.165) is 5.56 Å². The van der Waals surface area contributed by atoms with Crippen molar-refractivity contribution in [1.82, 2.24) is 0 Å². The third-order valence-electron chi connectivity index (χ3n) is 2.37. The first-order valence-electron chi connectivity index (χ1n) is 5.48. The van der Waals surface area contributed by atoms with Gasteiger partial charge in [-0.15, -0.1) is 0 Å². The number of hydrogen-bond donors (Lipinski definition) is 0. The van der Waals surface area contributed by atoms with Crippen LogP contribution in [0.25, 0.3) is 0 Å². The Morgan fingerprint density at radius 3 is 2.65 bits per heavy atom. The molecule has 0 heterocycles. The van der Waals surface area contributed by atoms with E-state index >= 15 is 0 Å². The number of esters is 1. The molecule has 1 rings (SSSR count). The Labute approximate surface area is 101 Å². The van der Waals surface area contributed by atoms with Gasteiger partial charge in [-0.2, -0.15) is 5.26 Å². The zero-order valence-electron chi connectivity index (χ0n) is 9.85. The molecule has 1 aromatic rings. The van der Waals surface area contributed by atoms with Gasteiger partial charge in [0.2, 0.25) is 0 Å². The summed E-state index contributed by atoms with van der Waals surface area (Å²) < 4.78 is 4.84. The molecule has 1 aromatic carbocycles. The normalized spacial score (nSPS) is 11.3. The van der Waals surface area contributed by atoms with E-state index in [2.05, 4.69) is 12.6 Å². The summed E-state index contributed by atoms with van der Waals surface area (Å²) in [6, 6.07) is 11.5. The molecule has 0 aliphatic carbocycles. The minimum absolute atomic E-state index is 0.305. The second-order valence-electron chi connectivity index (χ2n) is 3.62. The number of benzene rings is 1. The van der Waals surface area contributed by atoms with Crippen LogP contribution in [0, 0.1) is 11.3 Å². The second kappa shape index (κ2) is 6.49. The molecule has 3 heteroatoms. The molecule has 0 radical (unpaired) electrons. The van der Waals surface area contributed by atoms with Crippen molar-refractivity contribution in [1.29, 1.82) is 5.26 Å². The van der Waals surface area contributed by atoms with Crippen LogP contribution in [0.2, 0.25) is 0 Å². The Hall–Kier alpha value is -2.08. The highest BCUT2D eigenvalue weighted by molar-refractivity contribution is 5.87. The molecule has 0 aromatic heterocycles. The van der Waals surface area contributed by atoms with E-state index < -0.39 is 5.97 Å². The summed E-state index contributed by atoms with van der Waals surface area (Å²) in [5.74, 6) is -0.781. The maximum atomic E-state index is 11.4. The number of carbonyl (C=O) groups is 1. The molecule has 0 amide bonds. The minimum Gasteiger partial charge on any atom is -0.463 e. The number of nitriles is 1. The summed E-state index contributed by atoms with van der Waals surface area (Å²) in [7, 11) is 0. The lowest BCUT2D eigenvalue weighted by Crippen LogP contribution is -2.09. The van der Waals surface area contributed by atoms with Crippen molar-refractivity contribution >= 4 is 5.97 Å². The number of hydrogen-bond acceptors (Lipinski definition) is 3. The Balaban J connectivity index is 2.69. The van der Waals surface area contributed by atoms with Gasteiger partial charge in [-0.1, -0.05) is 36.9 Å². The zero-order chi connectivity index (χ0) is 12.7. The SMILES string of the molecule is C=C(CC(C#N)c1ccccc1)C(=O)OCC. The largest absolute Gasteiger partial charge is 0.463 e. The van der Waals surface area contributed by atoms with Crippen LogP contribution in [0.4, 0.5) is 0 Å². The van der Waals surface area contributed by atoms with Crippen molar-refractivity contribution in [2.24, 2.45) is 0 Å². The topological polar surface area (TPSA) is 50.1 Å². The van der Waals surface area contributed by atoms with E-state index in [0.29, 0.717) is 18.6 Å². The van der Waals surface area contributed by atoms with Crippen molar-refractivity contribution < 1.29 is 9.53 Å². The van der Waals surface area contributed by atoms with E-state index in [1.54, 1.807) is 6.92 Å². The lowest BCUT2D eigenvalue weighted by Gasteiger charge is -2.10. The quantitative estimate of drug-likeness (QED) is 0.576.